The fourth-order valence-electron chi connectivity index (χ4n) is 3.64. The lowest BCUT2D eigenvalue weighted by atomic mass is 9.93. The van der Waals surface area contributed by atoms with Gasteiger partial charge in [-0.3, -0.25) is 10.1 Å². The monoisotopic (exact) mass is 523 g/mol. The molecule has 0 radical (unpaired) electrons. The molecule has 0 aliphatic heterocycles. The van der Waals surface area contributed by atoms with E-state index in [9.17, 15) is 19.1 Å². The van der Waals surface area contributed by atoms with Crippen molar-refractivity contribution < 1.29 is 23.8 Å². The number of nitrogen functional groups attached to an aromatic ring is 1. The molecule has 37 heavy (non-hydrogen) atoms. The highest BCUT2D eigenvalue weighted by atomic mass is 32.2. The SMILES string of the molecule is CSc1ccc(NC(=O)O[C@@H](c2ccc(O)c(F)c2)[C@H](C)CC/C=C/C(=O)Nc2ccccc2N)cc1. The maximum Gasteiger partial charge on any atom is 0.412 e. The summed E-state index contributed by atoms with van der Waals surface area (Å²) in [5, 5.41) is 15.0. The van der Waals surface area contributed by atoms with Crippen molar-refractivity contribution in [2.45, 2.75) is 30.8 Å². The van der Waals surface area contributed by atoms with Gasteiger partial charge in [0.15, 0.2) is 11.6 Å². The topological polar surface area (TPSA) is 114 Å². The van der Waals surface area contributed by atoms with Gasteiger partial charge in [-0.2, -0.15) is 0 Å². The van der Waals surface area contributed by atoms with Gasteiger partial charge in [0.25, 0.3) is 0 Å². The minimum absolute atomic E-state index is 0.231. The van der Waals surface area contributed by atoms with E-state index in [0.29, 0.717) is 35.5 Å². The second kappa shape index (κ2) is 13.4. The van der Waals surface area contributed by atoms with Gasteiger partial charge in [-0.25, -0.2) is 9.18 Å². The van der Waals surface area contributed by atoms with E-state index in [2.05, 4.69) is 10.6 Å². The third kappa shape index (κ3) is 8.28. The Bertz CT molecular complexity index is 1250. The summed E-state index contributed by atoms with van der Waals surface area (Å²) in [6, 6.07) is 18.2. The van der Waals surface area contributed by atoms with E-state index in [-0.39, 0.29) is 11.8 Å². The fraction of sp³-hybridized carbons (Fsp3) is 0.214. The number of nitrogens with two attached hydrogens (primary N) is 1. The van der Waals surface area contributed by atoms with Crippen LogP contribution in [0.25, 0.3) is 0 Å². The molecule has 0 saturated carbocycles. The number of nitrogens with one attached hydrogen (secondary N) is 2. The smallest absolute Gasteiger partial charge is 0.412 e. The molecule has 0 bridgehead atoms. The zero-order valence-corrected chi connectivity index (χ0v) is 21.4. The molecule has 2 atom stereocenters. The minimum atomic E-state index is -0.803. The number of aromatic hydroxyl groups is 1. The van der Waals surface area contributed by atoms with E-state index >= 15 is 0 Å². The highest BCUT2D eigenvalue weighted by Gasteiger charge is 2.24. The average Bonchev–Trinajstić information content (AvgIpc) is 2.88. The van der Waals surface area contributed by atoms with Gasteiger partial charge >= 0.3 is 6.09 Å². The van der Waals surface area contributed by atoms with Crippen LogP contribution in [0.2, 0.25) is 0 Å². The molecule has 7 nitrogen and oxygen atoms in total. The Labute approximate surface area is 219 Å². The predicted octanol–water partition coefficient (Wildman–Crippen LogP) is 6.74. The number of anilines is 3. The number of ether oxygens (including phenoxy) is 1. The first-order valence-corrected chi connectivity index (χ1v) is 12.9. The molecule has 0 aliphatic rings. The van der Waals surface area contributed by atoms with Crippen LogP contribution in [0.4, 0.5) is 26.2 Å². The van der Waals surface area contributed by atoms with Crippen LogP contribution in [0.15, 0.2) is 83.8 Å². The number of thioether (sulfide) groups is 1. The molecule has 9 heteroatoms. The van der Waals surface area contributed by atoms with E-state index < -0.39 is 23.8 Å². The number of phenolic OH excluding ortho intramolecular Hbond substituents is 1. The van der Waals surface area contributed by atoms with Crippen molar-refractivity contribution in [3.8, 4) is 5.75 Å². The molecule has 0 fully saturated rings. The average molecular weight is 524 g/mol. The summed E-state index contributed by atoms with van der Waals surface area (Å²) in [5.41, 5.74) is 7.83. The maximum absolute atomic E-state index is 14.1. The Morgan fingerprint density at radius 3 is 2.51 bits per heavy atom. The van der Waals surface area contributed by atoms with Gasteiger partial charge in [-0.05, 0) is 85.2 Å². The number of para-hydroxylation sites is 2. The van der Waals surface area contributed by atoms with Gasteiger partial charge in [-0.1, -0.05) is 31.2 Å². The zero-order valence-electron chi connectivity index (χ0n) is 20.6. The van der Waals surface area contributed by atoms with Crippen LogP contribution in [0, 0.1) is 11.7 Å². The molecular formula is C28H30FN3O4S. The molecule has 0 aliphatic carbocycles. The van der Waals surface area contributed by atoms with Crippen LogP contribution in [0.1, 0.15) is 31.4 Å². The third-order valence-electron chi connectivity index (χ3n) is 5.66. The molecule has 3 aromatic rings. The quantitative estimate of drug-likeness (QED) is 0.133. The van der Waals surface area contributed by atoms with Crippen LogP contribution < -0.4 is 16.4 Å². The van der Waals surface area contributed by atoms with Gasteiger partial charge < -0.3 is 20.9 Å². The van der Waals surface area contributed by atoms with Gasteiger partial charge in [0, 0.05) is 10.6 Å². The van der Waals surface area contributed by atoms with Gasteiger partial charge in [0.05, 0.1) is 11.4 Å². The minimum Gasteiger partial charge on any atom is -0.505 e. The first-order valence-electron chi connectivity index (χ1n) is 11.7. The standard InChI is InChI=1S/C28H30FN3O4S/c1-18(7-3-6-10-26(34)32-24-9-5-4-8-23(24)30)27(19-11-16-25(33)22(29)17-19)36-28(35)31-20-12-14-21(37-2)15-13-20/h4-6,8-18,27,33H,3,7,30H2,1-2H3,(H,31,35)(H,32,34)/b10-6+/t18-,27-/m1/s1. The van der Waals surface area contributed by atoms with Gasteiger partial charge in [0.1, 0.15) is 6.10 Å². The molecule has 0 heterocycles. The van der Waals surface area contributed by atoms with E-state index in [4.69, 9.17) is 10.5 Å². The molecule has 3 aromatic carbocycles. The number of hydrogen-bond acceptors (Lipinski definition) is 6. The molecule has 0 saturated heterocycles. The number of amides is 2. The van der Waals surface area contributed by atoms with Crippen molar-refractivity contribution in [2.24, 2.45) is 5.92 Å². The molecular weight excluding hydrogens is 493 g/mol. The first kappa shape index (κ1) is 27.6. The summed E-state index contributed by atoms with van der Waals surface area (Å²) in [7, 11) is 0. The highest BCUT2D eigenvalue weighted by molar-refractivity contribution is 7.98. The number of carbonyl (C=O) groups excluding carboxylic acids is 2. The molecule has 194 valence electrons. The van der Waals surface area contributed by atoms with E-state index in [0.717, 1.165) is 11.0 Å². The number of phenols is 1. The number of halogens is 1. The Morgan fingerprint density at radius 2 is 1.84 bits per heavy atom. The largest absolute Gasteiger partial charge is 0.505 e. The van der Waals surface area contributed by atoms with Crippen molar-refractivity contribution in [1.29, 1.82) is 0 Å². The number of hydrogen-bond donors (Lipinski definition) is 4. The van der Waals surface area contributed by atoms with Gasteiger partial charge in [-0.15, -0.1) is 11.8 Å². The predicted molar refractivity (Wildman–Crippen MR) is 146 cm³/mol. The van der Waals surface area contributed by atoms with E-state index in [1.54, 1.807) is 54.2 Å². The van der Waals surface area contributed by atoms with Crippen LogP contribution in [-0.4, -0.2) is 23.4 Å². The summed E-state index contributed by atoms with van der Waals surface area (Å²) < 4.78 is 19.8. The van der Waals surface area contributed by atoms with Crippen LogP contribution >= 0.6 is 11.8 Å². The lowest BCUT2D eigenvalue weighted by Gasteiger charge is -2.25. The summed E-state index contributed by atoms with van der Waals surface area (Å²) in [5.74, 6) is -1.83. The maximum atomic E-state index is 14.1. The zero-order chi connectivity index (χ0) is 26.8. The number of benzene rings is 3. The Kier molecular flexibility index (Phi) is 9.97. The molecule has 5 N–H and O–H groups in total. The molecule has 2 amide bonds. The second-order valence-corrected chi connectivity index (χ2v) is 9.30. The first-order chi connectivity index (χ1) is 17.8. The second-order valence-electron chi connectivity index (χ2n) is 8.42. The molecule has 0 unspecified atom stereocenters. The normalized spacial score (nSPS) is 12.6. The highest BCUT2D eigenvalue weighted by Crippen LogP contribution is 2.32. The summed E-state index contributed by atoms with van der Waals surface area (Å²) in [6.45, 7) is 1.87. The van der Waals surface area contributed by atoms with Gasteiger partial charge in [0.2, 0.25) is 5.91 Å². The molecule has 0 spiro atoms. The van der Waals surface area contributed by atoms with Crippen molar-refractivity contribution in [2.75, 3.05) is 22.6 Å². The fourth-order valence-corrected chi connectivity index (χ4v) is 4.04. The van der Waals surface area contributed by atoms with Crippen molar-refractivity contribution in [3.63, 3.8) is 0 Å². The summed E-state index contributed by atoms with van der Waals surface area (Å²) >= 11 is 1.59. The van der Waals surface area contributed by atoms with Crippen LogP contribution in [0.5, 0.6) is 5.75 Å². The number of carbonyl (C=O) groups is 2. The number of rotatable bonds is 10. The Balaban J connectivity index is 1.63. The summed E-state index contributed by atoms with van der Waals surface area (Å²) in [4.78, 5) is 25.9. The number of allylic oxidation sites excluding steroid dienone is 1. The third-order valence-corrected chi connectivity index (χ3v) is 6.41. The van der Waals surface area contributed by atoms with Crippen molar-refractivity contribution in [3.05, 3.63) is 90.3 Å². The summed E-state index contributed by atoms with van der Waals surface area (Å²) in [6.07, 6.45) is 4.68. The van der Waals surface area contributed by atoms with Crippen LogP contribution in [0.3, 0.4) is 0 Å². The molecule has 0 aromatic heterocycles. The van der Waals surface area contributed by atoms with Crippen LogP contribution in [-0.2, 0) is 9.53 Å². The van der Waals surface area contributed by atoms with Crippen molar-refractivity contribution >= 4 is 40.8 Å². The van der Waals surface area contributed by atoms with Crippen molar-refractivity contribution in [1.82, 2.24) is 0 Å². The lowest BCUT2D eigenvalue weighted by molar-refractivity contribution is -0.111. The van der Waals surface area contributed by atoms with E-state index in [1.807, 2.05) is 25.3 Å². The molecule has 3 rings (SSSR count). The van der Waals surface area contributed by atoms with E-state index in [1.165, 1.54) is 18.2 Å². The Hall–Kier alpha value is -3.98. The lowest BCUT2D eigenvalue weighted by Crippen LogP contribution is -2.22. The Morgan fingerprint density at radius 1 is 1.11 bits per heavy atom.